The predicted octanol–water partition coefficient (Wildman–Crippen LogP) is 3.67. The van der Waals surface area contributed by atoms with Crippen LogP contribution in [-0.2, 0) is 0 Å². The van der Waals surface area contributed by atoms with Gasteiger partial charge >= 0.3 is 0 Å². The second-order valence-corrected chi connectivity index (χ2v) is 5.01. The summed E-state index contributed by atoms with van der Waals surface area (Å²) in [7, 11) is 2.09. The SMILES string of the molecule is CN1C2=NC(c3ccccc3)CN2c2ccccc21.I. The maximum Gasteiger partial charge on any atom is 0.206 e. The lowest BCUT2D eigenvalue weighted by atomic mass is 10.1. The van der Waals surface area contributed by atoms with E-state index in [9.17, 15) is 0 Å². The summed E-state index contributed by atoms with van der Waals surface area (Å²) in [4.78, 5) is 9.38. The van der Waals surface area contributed by atoms with E-state index in [1.807, 2.05) is 6.07 Å². The van der Waals surface area contributed by atoms with Crippen molar-refractivity contribution in [1.82, 2.24) is 0 Å². The van der Waals surface area contributed by atoms with E-state index < -0.39 is 0 Å². The first kappa shape index (κ1) is 13.4. The molecule has 102 valence electrons. The van der Waals surface area contributed by atoms with Crippen LogP contribution in [0.3, 0.4) is 0 Å². The Kier molecular flexibility index (Phi) is 3.41. The summed E-state index contributed by atoms with van der Waals surface area (Å²) in [6.45, 7) is 0.931. The summed E-state index contributed by atoms with van der Waals surface area (Å²) in [5.74, 6) is 1.06. The van der Waals surface area contributed by atoms with Crippen LogP contribution in [0.4, 0.5) is 11.4 Å². The van der Waals surface area contributed by atoms with Crippen molar-refractivity contribution < 1.29 is 0 Å². The van der Waals surface area contributed by atoms with Crippen LogP contribution in [0.15, 0.2) is 59.6 Å². The smallest absolute Gasteiger partial charge is 0.206 e. The Morgan fingerprint density at radius 2 is 1.60 bits per heavy atom. The number of para-hydroxylation sites is 2. The second kappa shape index (κ2) is 5.09. The maximum absolute atomic E-state index is 4.88. The van der Waals surface area contributed by atoms with Crippen molar-refractivity contribution in [1.29, 1.82) is 0 Å². The van der Waals surface area contributed by atoms with Gasteiger partial charge in [-0.1, -0.05) is 42.5 Å². The Balaban J connectivity index is 0.00000121. The number of fused-ring (bicyclic) bond motifs is 3. The van der Waals surface area contributed by atoms with Gasteiger partial charge in [-0.2, -0.15) is 0 Å². The number of guanidine groups is 1. The Labute approximate surface area is 135 Å². The molecule has 4 heteroatoms. The fraction of sp³-hybridized carbons (Fsp3) is 0.188. The summed E-state index contributed by atoms with van der Waals surface area (Å²) in [5.41, 5.74) is 3.80. The number of rotatable bonds is 1. The molecule has 0 N–H and O–H groups in total. The van der Waals surface area contributed by atoms with Crippen LogP contribution in [0.2, 0.25) is 0 Å². The quantitative estimate of drug-likeness (QED) is 0.707. The zero-order valence-corrected chi connectivity index (χ0v) is 13.6. The molecule has 2 heterocycles. The molecule has 1 atom stereocenters. The van der Waals surface area contributed by atoms with Crippen molar-refractivity contribution in [2.24, 2.45) is 4.99 Å². The summed E-state index contributed by atoms with van der Waals surface area (Å²) in [6, 6.07) is 19.2. The van der Waals surface area contributed by atoms with Gasteiger partial charge in [-0.25, -0.2) is 4.99 Å². The number of hydrogen-bond acceptors (Lipinski definition) is 3. The first-order valence-electron chi connectivity index (χ1n) is 6.57. The van der Waals surface area contributed by atoms with Crippen LogP contribution in [0.25, 0.3) is 0 Å². The van der Waals surface area contributed by atoms with E-state index in [1.165, 1.54) is 16.9 Å². The Hall–Kier alpha value is -1.56. The van der Waals surface area contributed by atoms with Gasteiger partial charge < -0.3 is 9.80 Å². The number of benzene rings is 2. The Bertz CT molecular complexity index is 654. The summed E-state index contributed by atoms with van der Waals surface area (Å²) >= 11 is 0. The summed E-state index contributed by atoms with van der Waals surface area (Å²) < 4.78 is 0. The zero-order valence-electron chi connectivity index (χ0n) is 11.2. The molecule has 2 aromatic rings. The van der Waals surface area contributed by atoms with Crippen molar-refractivity contribution in [3.05, 3.63) is 60.2 Å². The molecule has 0 bridgehead atoms. The van der Waals surface area contributed by atoms with E-state index in [0.29, 0.717) is 0 Å². The molecule has 2 aliphatic heterocycles. The average Bonchev–Trinajstić information content (AvgIpc) is 3.01. The fourth-order valence-electron chi connectivity index (χ4n) is 2.92. The van der Waals surface area contributed by atoms with Crippen LogP contribution in [0.1, 0.15) is 11.6 Å². The molecule has 0 radical (unpaired) electrons. The van der Waals surface area contributed by atoms with Gasteiger partial charge in [0.1, 0.15) is 0 Å². The summed E-state index contributed by atoms with van der Waals surface area (Å²) in [6.07, 6.45) is 0. The van der Waals surface area contributed by atoms with Crippen molar-refractivity contribution >= 4 is 41.3 Å². The minimum absolute atomic E-state index is 0. The molecule has 0 aromatic heterocycles. The highest BCUT2D eigenvalue weighted by atomic mass is 127. The van der Waals surface area contributed by atoms with Gasteiger partial charge in [-0.15, -0.1) is 24.0 Å². The number of nitrogens with zero attached hydrogens (tertiary/aromatic N) is 3. The molecule has 0 saturated carbocycles. The third-order valence-electron chi connectivity index (χ3n) is 3.89. The molecule has 3 nitrogen and oxygen atoms in total. The number of anilines is 2. The Morgan fingerprint density at radius 3 is 2.35 bits per heavy atom. The van der Waals surface area contributed by atoms with Gasteiger partial charge in [0.25, 0.3) is 0 Å². The van der Waals surface area contributed by atoms with E-state index in [2.05, 4.69) is 65.4 Å². The van der Waals surface area contributed by atoms with Crippen LogP contribution >= 0.6 is 24.0 Å². The highest BCUT2D eigenvalue weighted by molar-refractivity contribution is 14.0. The van der Waals surface area contributed by atoms with Gasteiger partial charge in [0, 0.05) is 7.05 Å². The molecular formula is C16H16IN3. The van der Waals surface area contributed by atoms with Crippen molar-refractivity contribution in [3.8, 4) is 0 Å². The van der Waals surface area contributed by atoms with Crippen LogP contribution < -0.4 is 9.80 Å². The van der Waals surface area contributed by atoms with Gasteiger partial charge in [-0.3, -0.25) is 0 Å². The maximum atomic E-state index is 4.88. The van der Waals surface area contributed by atoms with E-state index in [1.54, 1.807) is 0 Å². The van der Waals surface area contributed by atoms with Crippen LogP contribution in [-0.4, -0.2) is 19.6 Å². The van der Waals surface area contributed by atoms with Crippen molar-refractivity contribution in [3.63, 3.8) is 0 Å². The van der Waals surface area contributed by atoms with Crippen LogP contribution in [0.5, 0.6) is 0 Å². The van der Waals surface area contributed by atoms with Crippen molar-refractivity contribution in [2.75, 3.05) is 23.4 Å². The molecule has 2 aliphatic rings. The lowest BCUT2D eigenvalue weighted by Gasteiger charge is -2.14. The lowest BCUT2D eigenvalue weighted by molar-refractivity contribution is 0.780. The number of hydrogen-bond donors (Lipinski definition) is 0. The molecule has 0 fully saturated rings. The first-order valence-corrected chi connectivity index (χ1v) is 6.57. The highest BCUT2D eigenvalue weighted by Gasteiger charge is 2.36. The van der Waals surface area contributed by atoms with Gasteiger partial charge in [-0.05, 0) is 17.7 Å². The van der Waals surface area contributed by atoms with Crippen molar-refractivity contribution in [2.45, 2.75) is 6.04 Å². The molecule has 0 spiro atoms. The molecule has 0 aliphatic carbocycles. The first-order chi connectivity index (χ1) is 9.34. The molecule has 4 rings (SSSR count). The summed E-state index contributed by atoms with van der Waals surface area (Å²) in [5, 5.41) is 0. The predicted molar refractivity (Wildman–Crippen MR) is 94.2 cm³/mol. The minimum atomic E-state index is 0. The molecule has 20 heavy (non-hydrogen) atoms. The third-order valence-corrected chi connectivity index (χ3v) is 3.89. The average molecular weight is 377 g/mol. The van der Waals surface area contributed by atoms with E-state index in [-0.39, 0.29) is 30.0 Å². The van der Waals surface area contributed by atoms with E-state index in [0.717, 1.165) is 12.5 Å². The van der Waals surface area contributed by atoms with E-state index in [4.69, 9.17) is 4.99 Å². The largest absolute Gasteiger partial charge is 0.313 e. The fourth-order valence-corrected chi connectivity index (χ4v) is 2.92. The molecule has 0 amide bonds. The highest BCUT2D eigenvalue weighted by Crippen LogP contribution is 2.41. The zero-order chi connectivity index (χ0) is 12.8. The molecule has 0 saturated heterocycles. The Morgan fingerprint density at radius 1 is 0.950 bits per heavy atom. The molecule has 1 unspecified atom stereocenters. The number of halogens is 1. The topological polar surface area (TPSA) is 18.8 Å². The third kappa shape index (κ3) is 1.90. The van der Waals surface area contributed by atoms with Gasteiger partial charge in [0.05, 0.1) is 24.0 Å². The van der Waals surface area contributed by atoms with Gasteiger partial charge in [0.15, 0.2) is 0 Å². The van der Waals surface area contributed by atoms with E-state index >= 15 is 0 Å². The van der Waals surface area contributed by atoms with Crippen LogP contribution in [0, 0.1) is 0 Å². The second-order valence-electron chi connectivity index (χ2n) is 5.01. The van der Waals surface area contributed by atoms with Gasteiger partial charge in [0.2, 0.25) is 5.96 Å². The lowest BCUT2D eigenvalue weighted by Crippen LogP contribution is -2.32. The molecule has 2 aromatic carbocycles. The normalized spacial score (nSPS) is 19.2. The number of aliphatic imine (C=N–C) groups is 1. The minimum Gasteiger partial charge on any atom is -0.313 e. The molecular weight excluding hydrogens is 361 g/mol. The standard InChI is InChI=1S/C16H15N3.HI/c1-18-14-9-5-6-10-15(14)19-11-13(17-16(18)19)12-7-3-2-4-8-12;/h2-10,13H,11H2,1H3;1H. The monoisotopic (exact) mass is 377 g/mol.